The number of aryl methyl sites for hydroxylation is 1. The van der Waals surface area contributed by atoms with Crippen LogP contribution in [0.1, 0.15) is 45.6 Å². The lowest BCUT2D eigenvalue weighted by molar-refractivity contribution is -0.137. The summed E-state index contributed by atoms with van der Waals surface area (Å²) in [7, 11) is 1.44. The molecule has 1 aliphatic heterocycles. The maximum absolute atomic E-state index is 13.9. The van der Waals surface area contributed by atoms with E-state index in [0.29, 0.717) is 33.6 Å². The molecule has 0 radical (unpaired) electrons. The topological polar surface area (TPSA) is 76.1 Å². The Kier molecular flexibility index (Phi) is 8.31. The third-order valence-electron chi connectivity index (χ3n) is 7.71. The van der Waals surface area contributed by atoms with E-state index in [2.05, 4.69) is 0 Å². The Labute approximate surface area is 255 Å². The van der Waals surface area contributed by atoms with E-state index in [4.69, 9.17) is 21.1 Å². The Morgan fingerprint density at radius 1 is 1.00 bits per heavy atom. The van der Waals surface area contributed by atoms with Gasteiger partial charge in [0.1, 0.15) is 17.7 Å². The number of nitrogens with zero attached hydrogens (tertiary/aromatic N) is 1. The van der Waals surface area contributed by atoms with Crippen LogP contribution in [0.25, 0.3) is 22.3 Å². The predicted octanol–water partition coefficient (Wildman–Crippen LogP) is 8.93. The number of ether oxygens (including phenoxy) is 2. The quantitative estimate of drug-likeness (QED) is 0.207. The third-order valence-corrected chi connectivity index (χ3v) is 8.00. The number of aromatic carboxylic acids is 1. The fraction of sp³-hybridized carbons (Fsp3) is 0.212. The molecule has 4 aromatic carbocycles. The van der Waals surface area contributed by atoms with Crippen LogP contribution in [-0.4, -0.2) is 35.2 Å². The number of methoxy groups -OCH3 is 1. The molecule has 1 amide bonds. The summed E-state index contributed by atoms with van der Waals surface area (Å²) in [5, 5.41) is 9.20. The molecule has 5 rings (SSSR count). The lowest BCUT2D eigenvalue weighted by Gasteiger charge is -2.24. The summed E-state index contributed by atoms with van der Waals surface area (Å²) in [5.74, 6) is -1.32. The molecular weight excluding hydrogens is 602 g/mol. The second-order valence-corrected chi connectivity index (χ2v) is 10.9. The van der Waals surface area contributed by atoms with Crippen LogP contribution in [-0.2, 0) is 17.5 Å². The van der Waals surface area contributed by atoms with E-state index >= 15 is 0 Å². The van der Waals surface area contributed by atoms with Crippen molar-refractivity contribution in [2.75, 3.05) is 7.11 Å². The number of cyclic esters (lactones) is 1. The Bertz CT molecular complexity index is 1770. The van der Waals surface area contributed by atoms with Crippen LogP contribution in [0.5, 0.6) is 5.75 Å². The van der Waals surface area contributed by atoms with E-state index < -0.39 is 41.8 Å². The molecule has 44 heavy (non-hydrogen) atoms. The van der Waals surface area contributed by atoms with Gasteiger partial charge in [-0.3, -0.25) is 4.90 Å². The fourth-order valence-corrected chi connectivity index (χ4v) is 5.59. The Hall–Kier alpha value is -4.57. The maximum Gasteiger partial charge on any atom is 0.416 e. The van der Waals surface area contributed by atoms with Crippen LogP contribution in [0.15, 0.2) is 72.8 Å². The number of rotatable bonds is 7. The molecule has 1 aliphatic rings. The average Bonchev–Trinajstić information content (AvgIpc) is 3.26. The Morgan fingerprint density at radius 2 is 1.73 bits per heavy atom. The van der Waals surface area contributed by atoms with Gasteiger partial charge in [-0.05, 0) is 95.8 Å². The summed E-state index contributed by atoms with van der Waals surface area (Å²) >= 11 is 5.93. The largest absolute Gasteiger partial charge is 0.496 e. The maximum atomic E-state index is 13.9. The summed E-state index contributed by atoms with van der Waals surface area (Å²) in [6.45, 7) is 3.22. The molecule has 0 saturated carbocycles. The van der Waals surface area contributed by atoms with Crippen LogP contribution >= 0.6 is 11.6 Å². The highest BCUT2D eigenvalue weighted by Gasteiger charge is 2.41. The number of carboxylic acids is 1. The number of amides is 1. The van der Waals surface area contributed by atoms with E-state index in [0.717, 1.165) is 23.8 Å². The van der Waals surface area contributed by atoms with Crippen molar-refractivity contribution in [1.29, 1.82) is 0 Å². The fourth-order valence-electron chi connectivity index (χ4n) is 5.40. The normalized spacial score (nSPS) is 16.6. The van der Waals surface area contributed by atoms with Crippen LogP contribution < -0.4 is 4.74 Å². The van der Waals surface area contributed by atoms with Crippen LogP contribution in [0, 0.1) is 12.7 Å². The lowest BCUT2D eigenvalue weighted by Crippen LogP contribution is -2.31. The number of carbonyl (C=O) groups excluding carboxylic acids is 1. The number of hydrogen-bond acceptors (Lipinski definition) is 4. The van der Waals surface area contributed by atoms with Crippen LogP contribution in [0.4, 0.5) is 22.4 Å². The molecule has 2 atom stereocenters. The second kappa shape index (κ2) is 11.8. The van der Waals surface area contributed by atoms with Crippen molar-refractivity contribution in [3.05, 3.63) is 111 Å². The van der Waals surface area contributed by atoms with Crippen molar-refractivity contribution in [2.24, 2.45) is 0 Å². The molecular formula is C33H26ClF4NO5. The highest BCUT2D eigenvalue weighted by atomic mass is 35.5. The molecule has 11 heteroatoms. The number of carbonyl (C=O) groups is 2. The molecule has 0 bridgehead atoms. The van der Waals surface area contributed by atoms with E-state index in [9.17, 15) is 32.3 Å². The number of alkyl halides is 3. The lowest BCUT2D eigenvalue weighted by atomic mass is 9.91. The van der Waals surface area contributed by atoms with Gasteiger partial charge in [0, 0.05) is 5.56 Å². The van der Waals surface area contributed by atoms with Gasteiger partial charge in [-0.1, -0.05) is 35.9 Å². The van der Waals surface area contributed by atoms with Gasteiger partial charge < -0.3 is 14.6 Å². The minimum atomic E-state index is -4.65. The molecule has 6 nitrogen and oxygen atoms in total. The molecule has 0 aromatic heterocycles. The zero-order chi connectivity index (χ0) is 31.9. The summed E-state index contributed by atoms with van der Waals surface area (Å²) in [5.41, 5.74) is 2.83. The molecule has 1 saturated heterocycles. The first-order valence-electron chi connectivity index (χ1n) is 13.4. The summed E-state index contributed by atoms with van der Waals surface area (Å²) in [6, 6.07) is 16.5. The molecule has 1 heterocycles. The predicted molar refractivity (Wildman–Crippen MR) is 156 cm³/mol. The van der Waals surface area contributed by atoms with Crippen molar-refractivity contribution < 1.29 is 41.7 Å². The first-order chi connectivity index (χ1) is 20.8. The zero-order valence-electron chi connectivity index (χ0n) is 23.7. The van der Waals surface area contributed by atoms with Gasteiger partial charge in [0.25, 0.3) is 0 Å². The molecule has 4 aromatic rings. The van der Waals surface area contributed by atoms with Crippen molar-refractivity contribution in [2.45, 2.75) is 38.7 Å². The molecule has 0 spiro atoms. The minimum absolute atomic E-state index is 0.123. The van der Waals surface area contributed by atoms with Crippen molar-refractivity contribution in [3.8, 4) is 28.0 Å². The standard InChI is InChI=1S/C33H26ClF4NO5/c1-17-12-21(31(40)41)4-8-24(17)19-6-11-29(43-3)26(14-19)25-9-7-23(33(36,37)38)13-22(25)16-39-18(2)30(44-32(39)42)20-5-10-28(35)27(34)15-20/h4-15,18,30H,16H2,1-3H3,(H,40,41)/t18-,30-/m0/s1. The van der Waals surface area contributed by atoms with Gasteiger partial charge >= 0.3 is 18.2 Å². The monoisotopic (exact) mass is 627 g/mol. The van der Waals surface area contributed by atoms with Gasteiger partial charge in [0.05, 0.1) is 35.8 Å². The molecule has 1 N–H and O–H groups in total. The van der Waals surface area contributed by atoms with Crippen LogP contribution in [0.3, 0.4) is 0 Å². The SMILES string of the molecule is COc1ccc(-c2ccc(C(=O)O)cc2C)cc1-c1ccc(C(F)(F)F)cc1CN1C(=O)O[C@H](c2ccc(F)c(Cl)c2)[C@@H]1C. The zero-order valence-corrected chi connectivity index (χ0v) is 24.5. The van der Waals surface area contributed by atoms with Gasteiger partial charge in [-0.25, -0.2) is 14.0 Å². The summed E-state index contributed by atoms with van der Waals surface area (Å²) < 4.78 is 66.5. The first kappa shape index (κ1) is 30.9. The van der Waals surface area contributed by atoms with E-state index in [-0.39, 0.29) is 22.7 Å². The highest BCUT2D eigenvalue weighted by Crippen LogP contribution is 2.42. The van der Waals surface area contributed by atoms with Crippen molar-refractivity contribution >= 4 is 23.7 Å². The molecule has 0 aliphatic carbocycles. The third kappa shape index (κ3) is 5.94. The van der Waals surface area contributed by atoms with Crippen LogP contribution in [0.2, 0.25) is 5.02 Å². The van der Waals surface area contributed by atoms with E-state index in [1.54, 1.807) is 38.1 Å². The second-order valence-electron chi connectivity index (χ2n) is 10.5. The average molecular weight is 628 g/mol. The molecule has 228 valence electrons. The number of carboxylic acid groups (broad SMARTS) is 1. The highest BCUT2D eigenvalue weighted by molar-refractivity contribution is 6.30. The van der Waals surface area contributed by atoms with Crippen molar-refractivity contribution in [1.82, 2.24) is 4.90 Å². The van der Waals surface area contributed by atoms with Gasteiger partial charge in [-0.15, -0.1) is 0 Å². The summed E-state index contributed by atoms with van der Waals surface area (Å²) in [4.78, 5) is 25.8. The van der Waals surface area contributed by atoms with E-state index in [1.165, 1.54) is 42.3 Å². The smallest absolute Gasteiger partial charge is 0.416 e. The Morgan fingerprint density at radius 3 is 2.36 bits per heavy atom. The molecule has 0 unspecified atom stereocenters. The van der Waals surface area contributed by atoms with E-state index in [1.807, 2.05) is 0 Å². The minimum Gasteiger partial charge on any atom is -0.496 e. The van der Waals surface area contributed by atoms with Gasteiger partial charge in [-0.2, -0.15) is 13.2 Å². The summed E-state index contributed by atoms with van der Waals surface area (Å²) in [6.07, 6.45) is -6.22. The van der Waals surface area contributed by atoms with Crippen molar-refractivity contribution in [3.63, 3.8) is 0 Å². The Balaban J connectivity index is 1.59. The van der Waals surface area contributed by atoms with Gasteiger partial charge in [0.2, 0.25) is 0 Å². The molecule has 1 fully saturated rings. The number of halogens is 5. The van der Waals surface area contributed by atoms with Gasteiger partial charge in [0.15, 0.2) is 0 Å². The number of benzene rings is 4. The number of hydrogen-bond donors (Lipinski definition) is 1. The first-order valence-corrected chi connectivity index (χ1v) is 13.8.